The Morgan fingerprint density at radius 2 is 1.72 bits per heavy atom. The van der Waals surface area contributed by atoms with E-state index < -0.39 is 6.10 Å². The number of carbonyl (C=O) groups is 1. The van der Waals surface area contributed by atoms with Gasteiger partial charge in [0.15, 0.2) is 17.3 Å². The van der Waals surface area contributed by atoms with Gasteiger partial charge >= 0.3 is 0 Å². The highest BCUT2D eigenvalue weighted by Gasteiger charge is 2.15. The van der Waals surface area contributed by atoms with Gasteiger partial charge in [0.2, 0.25) is 0 Å². The monoisotopic (exact) mass is 492 g/mol. The third-order valence-corrected chi connectivity index (χ3v) is 6.43. The fourth-order valence-corrected chi connectivity index (χ4v) is 4.45. The van der Waals surface area contributed by atoms with Crippen molar-refractivity contribution in [2.45, 2.75) is 52.2 Å². The average Bonchev–Trinajstić information content (AvgIpc) is 3.25. The summed E-state index contributed by atoms with van der Waals surface area (Å²) in [4.78, 5) is 15.2. The molecule has 1 aromatic heterocycles. The SMILES string of the molecule is CCCCN(CCCC)C[C@H](O)Cn1cc(/C=C/C(=O)c2ccc(OC)c(OC)c2)c2ccccc21. The predicted molar refractivity (Wildman–Crippen MR) is 147 cm³/mol. The van der Waals surface area contributed by atoms with Gasteiger partial charge in [-0.3, -0.25) is 4.79 Å². The van der Waals surface area contributed by atoms with Crippen molar-refractivity contribution in [3.8, 4) is 11.5 Å². The van der Waals surface area contributed by atoms with Crippen molar-refractivity contribution in [3.05, 3.63) is 65.9 Å². The third kappa shape index (κ3) is 7.21. The number of aromatic nitrogens is 1. The molecule has 6 nitrogen and oxygen atoms in total. The van der Waals surface area contributed by atoms with Gasteiger partial charge in [0, 0.05) is 41.3 Å². The minimum Gasteiger partial charge on any atom is -0.493 e. The lowest BCUT2D eigenvalue weighted by Crippen LogP contribution is -2.36. The molecule has 0 saturated carbocycles. The van der Waals surface area contributed by atoms with E-state index in [1.165, 1.54) is 0 Å². The largest absolute Gasteiger partial charge is 0.493 e. The van der Waals surface area contributed by atoms with Gasteiger partial charge < -0.3 is 24.0 Å². The maximum absolute atomic E-state index is 12.9. The molecule has 0 radical (unpaired) electrons. The maximum atomic E-state index is 12.9. The van der Waals surface area contributed by atoms with Crippen LogP contribution in [0.5, 0.6) is 11.5 Å². The topological polar surface area (TPSA) is 63.9 Å². The number of aliphatic hydroxyl groups excluding tert-OH is 1. The molecule has 1 N–H and O–H groups in total. The zero-order valence-corrected chi connectivity index (χ0v) is 22.1. The molecule has 0 aliphatic heterocycles. The van der Waals surface area contributed by atoms with Crippen molar-refractivity contribution < 1.29 is 19.4 Å². The lowest BCUT2D eigenvalue weighted by molar-refractivity contribution is 0.0973. The van der Waals surface area contributed by atoms with Gasteiger partial charge in [0.05, 0.1) is 20.3 Å². The third-order valence-electron chi connectivity index (χ3n) is 6.43. The highest BCUT2D eigenvalue weighted by Crippen LogP contribution is 2.28. The summed E-state index contributed by atoms with van der Waals surface area (Å²) in [6.07, 6.45) is 9.57. The summed E-state index contributed by atoms with van der Waals surface area (Å²) in [6, 6.07) is 13.3. The van der Waals surface area contributed by atoms with Gasteiger partial charge in [0.1, 0.15) is 0 Å². The van der Waals surface area contributed by atoms with Crippen LogP contribution in [0.25, 0.3) is 17.0 Å². The number of ketones is 1. The smallest absolute Gasteiger partial charge is 0.185 e. The number of aliphatic hydroxyl groups is 1. The fourth-order valence-electron chi connectivity index (χ4n) is 4.45. The molecule has 0 aliphatic rings. The number of benzene rings is 2. The van der Waals surface area contributed by atoms with Gasteiger partial charge in [-0.1, -0.05) is 44.9 Å². The lowest BCUT2D eigenvalue weighted by Gasteiger charge is -2.25. The molecule has 0 unspecified atom stereocenters. The molecule has 2 aromatic carbocycles. The molecule has 36 heavy (non-hydrogen) atoms. The second kappa shape index (κ2) is 13.9. The maximum Gasteiger partial charge on any atom is 0.185 e. The minimum absolute atomic E-state index is 0.115. The van der Waals surface area contributed by atoms with Crippen LogP contribution in [0.2, 0.25) is 0 Å². The molecular weight excluding hydrogens is 452 g/mol. The Labute approximate surface area is 215 Å². The van der Waals surface area contributed by atoms with Crippen molar-refractivity contribution >= 4 is 22.8 Å². The first-order valence-corrected chi connectivity index (χ1v) is 12.9. The van der Waals surface area contributed by atoms with Gasteiger partial charge in [-0.25, -0.2) is 0 Å². The summed E-state index contributed by atoms with van der Waals surface area (Å²) >= 11 is 0. The number of nitrogens with zero attached hydrogens (tertiary/aromatic N) is 2. The summed E-state index contributed by atoms with van der Waals surface area (Å²) in [5, 5.41) is 12.0. The second-order valence-corrected chi connectivity index (χ2v) is 9.18. The highest BCUT2D eigenvalue weighted by molar-refractivity contribution is 6.08. The number of fused-ring (bicyclic) bond motifs is 1. The number of hydrogen-bond acceptors (Lipinski definition) is 5. The number of unbranched alkanes of at least 4 members (excludes halogenated alkanes) is 2. The van der Waals surface area contributed by atoms with Crippen molar-refractivity contribution in [2.24, 2.45) is 0 Å². The standard InChI is InChI=1S/C30H40N2O4/c1-5-7-17-31(18-8-6-2)21-25(33)22-32-20-24(26-11-9-10-12-27(26)32)13-15-28(34)23-14-16-29(35-3)30(19-23)36-4/h9-16,19-20,25,33H,5-8,17-18,21-22H2,1-4H3/b15-13+/t25-/m0/s1. The zero-order valence-electron chi connectivity index (χ0n) is 22.1. The van der Waals surface area contributed by atoms with E-state index in [-0.39, 0.29) is 5.78 Å². The van der Waals surface area contributed by atoms with Crippen LogP contribution < -0.4 is 9.47 Å². The molecule has 1 atom stereocenters. The molecule has 0 fully saturated rings. The lowest BCUT2D eigenvalue weighted by atomic mass is 10.1. The molecular formula is C30H40N2O4. The predicted octanol–water partition coefficient (Wildman–Crippen LogP) is 5.82. The van der Waals surface area contributed by atoms with E-state index in [1.54, 1.807) is 38.5 Å². The van der Waals surface area contributed by atoms with Crippen LogP contribution >= 0.6 is 0 Å². The van der Waals surface area contributed by atoms with Crippen molar-refractivity contribution in [2.75, 3.05) is 33.9 Å². The molecule has 0 spiro atoms. The summed E-state index contributed by atoms with van der Waals surface area (Å²) < 4.78 is 12.7. The fraction of sp³-hybridized carbons (Fsp3) is 0.433. The van der Waals surface area contributed by atoms with E-state index in [9.17, 15) is 9.90 Å². The molecule has 0 bridgehead atoms. The molecule has 3 rings (SSSR count). The second-order valence-electron chi connectivity index (χ2n) is 9.18. The Bertz CT molecular complexity index is 1140. The number of methoxy groups -OCH3 is 2. The van der Waals surface area contributed by atoms with Crippen LogP contribution in [0.3, 0.4) is 0 Å². The van der Waals surface area contributed by atoms with Gasteiger partial charge in [0.25, 0.3) is 0 Å². The van der Waals surface area contributed by atoms with E-state index in [4.69, 9.17) is 9.47 Å². The van der Waals surface area contributed by atoms with Crippen molar-refractivity contribution in [1.82, 2.24) is 9.47 Å². The van der Waals surface area contributed by atoms with Gasteiger partial charge in [-0.05, 0) is 62.3 Å². The van der Waals surface area contributed by atoms with Crippen molar-refractivity contribution in [1.29, 1.82) is 0 Å². The molecule has 0 aliphatic carbocycles. The number of allylic oxidation sites excluding steroid dienone is 1. The van der Waals surface area contributed by atoms with Crippen LogP contribution in [0.1, 0.15) is 55.5 Å². The number of para-hydroxylation sites is 1. The van der Waals surface area contributed by atoms with Gasteiger partial charge in [-0.2, -0.15) is 0 Å². The van der Waals surface area contributed by atoms with Crippen LogP contribution in [0, 0.1) is 0 Å². The first kappa shape index (κ1) is 27.5. The summed E-state index contributed by atoms with van der Waals surface area (Å²) in [5.41, 5.74) is 2.52. The molecule has 1 heterocycles. The molecule has 0 amide bonds. The summed E-state index contributed by atoms with van der Waals surface area (Å²) in [7, 11) is 3.12. The van der Waals surface area contributed by atoms with Crippen LogP contribution in [-0.4, -0.2) is 60.3 Å². The first-order valence-electron chi connectivity index (χ1n) is 12.9. The Morgan fingerprint density at radius 3 is 2.39 bits per heavy atom. The first-order chi connectivity index (χ1) is 17.5. The van der Waals surface area contributed by atoms with E-state index in [0.29, 0.717) is 30.2 Å². The highest BCUT2D eigenvalue weighted by atomic mass is 16.5. The van der Waals surface area contributed by atoms with Crippen LogP contribution in [0.15, 0.2) is 54.7 Å². The Morgan fingerprint density at radius 1 is 1.03 bits per heavy atom. The Kier molecular flexibility index (Phi) is 10.6. The molecule has 3 aromatic rings. The van der Waals surface area contributed by atoms with E-state index in [0.717, 1.165) is 55.2 Å². The van der Waals surface area contributed by atoms with Gasteiger partial charge in [-0.15, -0.1) is 0 Å². The van der Waals surface area contributed by atoms with Crippen LogP contribution in [-0.2, 0) is 6.54 Å². The molecule has 194 valence electrons. The number of rotatable bonds is 15. The quantitative estimate of drug-likeness (QED) is 0.214. The van der Waals surface area contributed by atoms with Crippen molar-refractivity contribution in [3.63, 3.8) is 0 Å². The number of ether oxygens (including phenoxy) is 2. The van der Waals surface area contributed by atoms with E-state index in [1.807, 2.05) is 30.5 Å². The van der Waals surface area contributed by atoms with E-state index in [2.05, 4.69) is 29.4 Å². The number of carbonyl (C=O) groups excluding carboxylic acids is 1. The summed E-state index contributed by atoms with van der Waals surface area (Å²) in [6.45, 7) is 7.61. The summed E-state index contributed by atoms with van der Waals surface area (Å²) in [5.74, 6) is 0.993. The number of hydrogen-bond donors (Lipinski definition) is 1. The average molecular weight is 493 g/mol. The Hall–Kier alpha value is -3.09. The normalized spacial score (nSPS) is 12.5. The van der Waals surface area contributed by atoms with E-state index >= 15 is 0 Å². The van der Waals surface area contributed by atoms with Crippen LogP contribution in [0.4, 0.5) is 0 Å². The molecule has 6 heteroatoms. The minimum atomic E-state index is -0.472. The Balaban J connectivity index is 1.77. The zero-order chi connectivity index (χ0) is 25.9. The molecule has 0 saturated heterocycles.